The van der Waals surface area contributed by atoms with Crippen LogP contribution in [0, 0.1) is 6.92 Å². The van der Waals surface area contributed by atoms with Crippen LogP contribution in [0.1, 0.15) is 48.7 Å². The van der Waals surface area contributed by atoms with E-state index in [4.69, 9.17) is 0 Å². The lowest BCUT2D eigenvalue weighted by molar-refractivity contribution is 0.0910. The minimum absolute atomic E-state index is 0.0819. The van der Waals surface area contributed by atoms with Crippen LogP contribution in [0.5, 0.6) is 0 Å². The third-order valence-electron chi connectivity index (χ3n) is 4.41. The highest BCUT2D eigenvalue weighted by Crippen LogP contribution is 2.18. The molecule has 0 aromatic heterocycles. The van der Waals surface area contributed by atoms with Crippen molar-refractivity contribution in [2.75, 3.05) is 0 Å². The zero-order valence-corrected chi connectivity index (χ0v) is 16.5. The van der Waals surface area contributed by atoms with Gasteiger partial charge in [0.2, 0.25) is 10.0 Å². The Labute approximate surface area is 155 Å². The van der Waals surface area contributed by atoms with E-state index in [9.17, 15) is 13.2 Å². The lowest BCUT2D eigenvalue weighted by atomic mass is 10.0. The summed E-state index contributed by atoms with van der Waals surface area (Å²) in [6.45, 7) is 7.84. The molecular weight excluding hydrogens is 348 g/mol. The van der Waals surface area contributed by atoms with Crippen molar-refractivity contribution in [3.63, 3.8) is 0 Å². The molecule has 0 aliphatic heterocycles. The van der Waals surface area contributed by atoms with Gasteiger partial charge in [0.1, 0.15) is 0 Å². The van der Waals surface area contributed by atoms with Crippen molar-refractivity contribution in [3.05, 3.63) is 65.2 Å². The van der Waals surface area contributed by atoms with E-state index in [0.29, 0.717) is 5.56 Å². The van der Waals surface area contributed by atoms with Crippen molar-refractivity contribution in [2.24, 2.45) is 0 Å². The maximum atomic E-state index is 12.6. The molecule has 26 heavy (non-hydrogen) atoms. The lowest BCUT2D eigenvalue weighted by Crippen LogP contribution is -2.43. The van der Waals surface area contributed by atoms with E-state index >= 15 is 0 Å². The predicted octanol–water partition coefficient (Wildman–Crippen LogP) is 3.39. The van der Waals surface area contributed by atoms with E-state index in [1.165, 1.54) is 12.1 Å². The highest BCUT2D eigenvalue weighted by atomic mass is 32.2. The van der Waals surface area contributed by atoms with Crippen molar-refractivity contribution in [1.29, 1.82) is 0 Å². The number of benzene rings is 2. The molecule has 0 saturated heterocycles. The van der Waals surface area contributed by atoms with Gasteiger partial charge >= 0.3 is 0 Å². The van der Waals surface area contributed by atoms with E-state index in [1.807, 2.05) is 51.1 Å². The molecule has 0 heterocycles. The average molecular weight is 375 g/mol. The molecule has 0 spiro atoms. The SMILES string of the molecule is CCC(C)(C)NC(=O)c1cc(S(=O)(=O)NCc2ccccc2)ccc1C. The minimum atomic E-state index is -3.71. The van der Waals surface area contributed by atoms with Gasteiger partial charge in [-0.2, -0.15) is 0 Å². The van der Waals surface area contributed by atoms with E-state index < -0.39 is 10.0 Å². The van der Waals surface area contributed by atoms with Gasteiger partial charge in [-0.1, -0.05) is 43.3 Å². The van der Waals surface area contributed by atoms with E-state index in [-0.39, 0.29) is 22.9 Å². The number of amides is 1. The Morgan fingerprint density at radius 2 is 1.73 bits per heavy atom. The number of nitrogens with one attached hydrogen (secondary N) is 2. The van der Waals surface area contributed by atoms with Gasteiger partial charge in [-0.15, -0.1) is 0 Å². The first kappa shape index (κ1) is 20.1. The molecule has 2 N–H and O–H groups in total. The average Bonchev–Trinajstić information content (AvgIpc) is 2.60. The minimum Gasteiger partial charge on any atom is -0.347 e. The smallest absolute Gasteiger partial charge is 0.252 e. The first-order valence-electron chi connectivity index (χ1n) is 8.61. The maximum Gasteiger partial charge on any atom is 0.252 e. The van der Waals surface area contributed by atoms with Gasteiger partial charge in [0.05, 0.1) is 4.90 Å². The van der Waals surface area contributed by atoms with Crippen LogP contribution in [0.25, 0.3) is 0 Å². The molecule has 2 aromatic carbocycles. The summed E-state index contributed by atoms with van der Waals surface area (Å²) < 4.78 is 27.8. The van der Waals surface area contributed by atoms with Crippen LogP contribution in [0.15, 0.2) is 53.4 Å². The van der Waals surface area contributed by atoms with Crippen LogP contribution >= 0.6 is 0 Å². The van der Waals surface area contributed by atoms with Crippen molar-refractivity contribution in [2.45, 2.75) is 51.1 Å². The summed E-state index contributed by atoms with van der Waals surface area (Å²) in [6.07, 6.45) is 0.772. The first-order valence-corrected chi connectivity index (χ1v) is 10.1. The fourth-order valence-corrected chi connectivity index (χ4v) is 3.38. The molecule has 0 aliphatic carbocycles. The fourth-order valence-electron chi connectivity index (χ4n) is 2.33. The molecule has 1 amide bonds. The summed E-state index contributed by atoms with van der Waals surface area (Å²) in [7, 11) is -3.71. The third-order valence-corrected chi connectivity index (χ3v) is 5.81. The number of carbonyl (C=O) groups is 1. The summed E-state index contributed by atoms with van der Waals surface area (Å²) in [5.41, 5.74) is 1.61. The van der Waals surface area contributed by atoms with Crippen LogP contribution in [0.3, 0.4) is 0 Å². The Kier molecular flexibility index (Phi) is 6.21. The van der Waals surface area contributed by atoms with Crippen molar-refractivity contribution in [1.82, 2.24) is 10.0 Å². The summed E-state index contributed by atoms with van der Waals surface area (Å²) in [6, 6.07) is 13.9. The molecule has 0 unspecified atom stereocenters. The molecule has 0 fully saturated rings. The van der Waals surface area contributed by atoms with Gasteiger partial charge in [0.25, 0.3) is 5.91 Å². The quantitative estimate of drug-likeness (QED) is 0.780. The highest BCUT2D eigenvalue weighted by molar-refractivity contribution is 7.89. The normalized spacial score (nSPS) is 12.0. The Hall–Kier alpha value is -2.18. The summed E-state index contributed by atoms with van der Waals surface area (Å²) >= 11 is 0. The van der Waals surface area contributed by atoms with E-state index in [2.05, 4.69) is 10.0 Å². The fraction of sp³-hybridized carbons (Fsp3) is 0.350. The van der Waals surface area contributed by atoms with Gasteiger partial charge in [0, 0.05) is 17.6 Å². The maximum absolute atomic E-state index is 12.6. The predicted molar refractivity (Wildman–Crippen MR) is 103 cm³/mol. The zero-order valence-electron chi connectivity index (χ0n) is 15.7. The second-order valence-electron chi connectivity index (χ2n) is 6.98. The van der Waals surface area contributed by atoms with Crippen LogP contribution in [0.2, 0.25) is 0 Å². The number of sulfonamides is 1. The largest absolute Gasteiger partial charge is 0.347 e. The van der Waals surface area contributed by atoms with Gasteiger partial charge in [0.15, 0.2) is 0 Å². The van der Waals surface area contributed by atoms with Crippen molar-refractivity contribution < 1.29 is 13.2 Å². The Morgan fingerprint density at radius 1 is 1.08 bits per heavy atom. The second kappa shape index (κ2) is 8.01. The van der Waals surface area contributed by atoms with Gasteiger partial charge < -0.3 is 5.32 Å². The third kappa shape index (κ3) is 5.16. The molecule has 0 saturated carbocycles. The molecule has 5 nitrogen and oxygen atoms in total. The molecular formula is C20H26N2O3S. The molecule has 0 radical (unpaired) electrons. The van der Waals surface area contributed by atoms with Crippen LogP contribution in [-0.2, 0) is 16.6 Å². The highest BCUT2D eigenvalue weighted by Gasteiger charge is 2.22. The molecule has 6 heteroatoms. The van der Waals surface area contributed by atoms with Crippen LogP contribution < -0.4 is 10.0 Å². The molecule has 0 bridgehead atoms. The number of aryl methyl sites for hydroxylation is 1. The number of rotatable bonds is 7. The Balaban J connectivity index is 2.23. The lowest BCUT2D eigenvalue weighted by Gasteiger charge is -2.25. The number of hydrogen-bond donors (Lipinski definition) is 2. The summed E-state index contributed by atoms with van der Waals surface area (Å²) in [4.78, 5) is 12.7. The molecule has 0 aliphatic rings. The second-order valence-corrected chi connectivity index (χ2v) is 8.75. The van der Waals surface area contributed by atoms with Gasteiger partial charge in [-0.05, 0) is 50.5 Å². The molecule has 0 atom stereocenters. The van der Waals surface area contributed by atoms with E-state index in [1.54, 1.807) is 13.0 Å². The van der Waals surface area contributed by atoms with Gasteiger partial charge in [-0.25, -0.2) is 13.1 Å². The first-order chi connectivity index (χ1) is 12.1. The Bertz CT molecular complexity index is 875. The van der Waals surface area contributed by atoms with Gasteiger partial charge in [-0.3, -0.25) is 4.79 Å². The zero-order chi connectivity index (χ0) is 19.4. The van der Waals surface area contributed by atoms with E-state index in [0.717, 1.165) is 17.5 Å². The van der Waals surface area contributed by atoms with Crippen LogP contribution in [0.4, 0.5) is 0 Å². The molecule has 140 valence electrons. The Morgan fingerprint density at radius 3 is 2.35 bits per heavy atom. The number of hydrogen-bond acceptors (Lipinski definition) is 3. The van der Waals surface area contributed by atoms with Crippen LogP contribution in [-0.4, -0.2) is 19.9 Å². The topological polar surface area (TPSA) is 75.3 Å². The standard InChI is InChI=1S/C20H26N2O3S/c1-5-20(3,4)22-19(23)18-13-17(12-11-15(18)2)26(24,25)21-14-16-9-7-6-8-10-16/h6-13,21H,5,14H2,1-4H3,(H,22,23). The summed E-state index contributed by atoms with van der Waals surface area (Å²) in [5, 5.41) is 2.95. The van der Waals surface area contributed by atoms with Crippen molar-refractivity contribution >= 4 is 15.9 Å². The van der Waals surface area contributed by atoms with Crippen molar-refractivity contribution in [3.8, 4) is 0 Å². The monoisotopic (exact) mass is 374 g/mol. The molecule has 2 aromatic rings. The number of carbonyl (C=O) groups excluding carboxylic acids is 1. The summed E-state index contributed by atoms with van der Waals surface area (Å²) in [5.74, 6) is -0.269. The molecule has 2 rings (SSSR count).